The first-order valence-electron chi connectivity index (χ1n) is 11.9. The SMILES string of the molecule is C[C@@H]1CN(c2ncc(C(F)(F)F)c(N)n2)C[C@H](C)N1C(=O)OC1CCN(Cc2ccc(F)cc2)CC1. The van der Waals surface area contributed by atoms with Crippen LogP contribution in [0.2, 0.25) is 0 Å². The van der Waals surface area contributed by atoms with Gasteiger partial charge in [-0.2, -0.15) is 18.2 Å². The van der Waals surface area contributed by atoms with E-state index in [0.717, 1.165) is 18.7 Å². The van der Waals surface area contributed by atoms with Crippen LogP contribution in [0.25, 0.3) is 0 Å². The number of nitrogens with two attached hydrogens (primary N) is 1. The van der Waals surface area contributed by atoms with Crippen LogP contribution in [0, 0.1) is 5.82 Å². The molecule has 2 aromatic rings. The summed E-state index contributed by atoms with van der Waals surface area (Å²) in [7, 11) is 0. The number of benzene rings is 1. The van der Waals surface area contributed by atoms with Crippen LogP contribution in [0.4, 0.5) is 34.1 Å². The second-order valence-electron chi connectivity index (χ2n) is 9.46. The van der Waals surface area contributed by atoms with Crippen molar-refractivity contribution in [1.29, 1.82) is 0 Å². The molecule has 2 aliphatic rings. The van der Waals surface area contributed by atoms with Crippen LogP contribution < -0.4 is 10.6 Å². The number of piperidine rings is 1. The lowest BCUT2D eigenvalue weighted by Crippen LogP contribution is -2.59. The van der Waals surface area contributed by atoms with Crippen molar-refractivity contribution in [2.45, 2.75) is 57.6 Å². The second-order valence-corrected chi connectivity index (χ2v) is 9.46. The molecule has 196 valence electrons. The van der Waals surface area contributed by atoms with Crippen molar-refractivity contribution in [3.63, 3.8) is 0 Å². The lowest BCUT2D eigenvalue weighted by molar-refractivity contribution is -0.137. The molecular formula is C24H30F4N6O2. The van der Waals surface area contributed by atoms with E-state index >= 15 is 0 Å². The average molecular weight is 511 g/mol. The van der Waals surface area contributed by atoms with Crippen molar-refractivity contribution in [2.24, 2.45) is 0 Å². The Hall–Kier alpha value is -3.15. The van der Waals surface area contributed by atoms with Gasteiger partial charge in [-0.25, -0.2) is 14.2 Å². The van der Waals surface area contributed by atoms with Crippen LogP contribution in [-0.4, -0.2) is 70.2 Å². The Bertz CT molecular complexity index is 1050. The Morgan fingerprint density at radius 1 is 1.11 bits per heavy atom. The van der Waals surface area contributed by atoms with Crippen LogP contribution in [-0.2, 0) is 17.5 Å². The topological polar surface area (TPSA) is 87.8 Å². The highest BCUT2D eigenvalue weighted by Crippen LogP contribution is 2.33. The zero-order chi connectivity index (χ0) is 26.0. The van der Waals surface area contributed by atoms with Crippen molar-refractivity contribution in [1.82, 2.24) is 19.8 Å². The van der Waals surface area contributed by atoms with E-state index in [9.17, 15) is 22.4 Å². The number of hydrogen-bond acceptors (Lipinski definition) is 7. The standard InChI is InChI=1S/C24H30F4N6O2/c1-15-12-33(22-30-11-20(21(29)31-22)24(26,27)28)13-16(2)34(15)23(35)36-19-7-9-32(10-8-19)14-17-3-5-18(25)6-4-17/h3-6,11,15-16,19H,7-10,12-14H2,1-2H3,(H2,29,30,31)/t15-,16+. The number of anilines is 2. The largest absolute Gasteiger partial charge is 0.446 e. The van der Waals surface area contributed by atoms with Crippen molar-refractivity contribution in [2.75, 3.05) is 36.8 Å². The number of rotatable bonds is 4. The van der Waals surface area contributed by atoms with E-state index in [2.05, 4.69) is 14.9 Å². The molecule has 1 aromatic heterocycles. The molecule has 0 unspecified atom stereocenters. The molecule has 0 saturated carbocycles. The molecule has 2 N–H and O–H groups in total. The number of aromatic nitrogens is 2. The molecular weight excluding hydrogens is 480 g/mol. The molecule has 2 saturated heterocycles. The highest BCUT2D eigenvalue weighted by molar-refractivity contribution is 5.69. The molecule has 0 radical (unpaired) electrons. The monoisotopic (exact) mass is 510 g/mol. The second kappa shape index (κ2) is 10.5. The number of amides is 1. The van der Waals surface area contributed by atoms with E-state index in [-0.39, 0.29) is 30.0 Å². The number of carbonyl (C=O) groups excluding carboxylic acids is 1. The molecule has 4 rings (SSSR count). The summed E-state index contributed by atoms with van der Waals surface area (Å²) >= 11 is 0. The minimum atomic E-state index is -4.62. The molecule has 3 heterocycles. The first-order valence-corrected chi connectivity index (χ1v) is 11.9. The Kier molecular flexibility index (Phi) is 7.53. The normalized spacial score (nSPS) is 22.1. The minimum Gasteiger partial charge on any atom is -0.446 e. The predicted molar refractivity (Wildman–Crippen MR) is 126 cm³/mol. The van der Waals surface area contributed by atoms with Crippen LogP contribution >= 0.6 is 0 Å². The summed E-state index contributed by atoms with van der Waals surface area (Å²) in [5.74, 6) is -0.786. The Labute approximate surface area is 207 Å². The Morgan fingerprint density at radius 2 is 1.72 bits per heavy atom. The lowest BCUT2D eigenvalue weighted by Gasteiger charge is -2.44. The lowest BCUT2D eigenvalue weighted by atomic mass is 10.1. The smallest absolute Gasteiger partial charge is 0.421 e. The number of piperazine rings is 1. The minimum absolute atomic E-state index is 0.0979. The molecule has 0 aliphatic carbocycles. The van der Waals surface area contributed by atoms with Crippen molar-refractivity contribution >= 4 is 17.9 Å². The molecule has 2 atom stereocenters. The summed E-state index contributed by atoms with van der Waals surface area (Å²) in [6.45, 7) is 6.61. The number of nitrogens with zero attached hydrogens (tertiary/aromatic N) is 5. The van der Waals surface area contributed by atoms with E-state index in [1.807, 2.05) is 13.8 Å². The van der Waals surface area contributed by atoms with E-state index in [1.54, 1.807) is 21.9 Å². The fourth-order valence-electron chi connectivity index (χ4n) is 4.84. The van der Waals surface area contributed by atoms with Crippen molar-refractivity contribution in [3.8, 4) is 0 Å². The maximum absolute atomic E-state index is 13.1. The van der Waals surface area contributed by atoms with Crippen LogP contribution in [0.5, 0.6) is 0 Å². The number of nitrogen functional groups attached to an aromatic ring is 1. The fraction of sp³-hybridized carbons (Fsp3) is 0.542. The van der Waals surface area contributed by atoms with Gasteiger partial charge in [-0.1, -0.05) is 12.1 Å². The van der Waals surface area contributed by atoms with Gasteiger partial charge >= 0.3 is 12.3 Å². The predicted octanol–water partition coefficient (Wildman–Crippen LogP) is 3.92. The summed E-state index contributed by atoms with van der Waals surface area (Å²) < 4.78 is 57.8. The molecule has 2 fully saturated rings. The van der Waals surface area contributed by atoms with Crippen molar-refractivity contribution < 1.29 is 27.1 Å². The maximum atomic E-state index is 13.1. The number of alkyl halides is 3. The van der Waals surface area contributed by atoms with Gasteiger partial charge in [-0.05, 0) is 44.4 Å². The summed E-state index contributed by atoms with van der Waals surface area (Å²) in [5, 5.41) is 0. The summed E-state index contributed by atoms with van der Waals surface area (Å²) in [4.78, 5) is 26.4. The van der Waals surface area contributed by atoms with Gasteiger partial charge in [0.1, 0.15) is 23.3 Å². The number of ether oxygens (including phenoxy) is 1. The van der Waals surface area contributed by atoms with Crippen LogP contribution in [0.1, 0.15) is 37.8 Å². The highest BCUT2D eigenvalue weighted by atomic mass is 19.4. The van der Waals surface area contributed by atoms with Gasteiger partial charge in [0.15, 0.2) is 0 Å². The third-order valence-electron chi connectivity index (χ3n) is 6.65. The molecule has 1 aromatic carbocycles. The van der Waals surface area contributed by atoms with E-state index in [1.165, 1.54) is 12.1 Å². The zero-order valence-electron chi connectivity index (χ0n) is 20.2. The van der Waals surface area contributed by atoms with Gasteiger partial charge in [-0.15, -0.1) is 0 Å². The van der Waals surface area contributed by atoms with Crippen LogP contribution in [0.3, 0.4) is 0 Å². The first kappa shape index (κ1) is 25.9. The van der Waals surface area contributed by atoms with Gasteiger partial charge in [0.05, 0.1) is 12.1 Å². The van der Waals surface area contributed by atoms with Gasteiger partial charge in [0.25, 0.3) is 0 Å². The molecule has 0 spiro atoms. The van der Waals surface area contributed by atoms with Crippen LogP contribution in [0.15, 0.2) is 30.5 Å². The molecule has 0 bridgehead atoms. The number of likely N-dealkylation sites (tertiary alicyclic amines) is 1. The highest BCUT2D eigenvalue weighted by Gasteiger charge is 2.38. The van der Waals surface area contributed by atoms with Gasteiger partial charge in [0.2, 0.25) is 5.95 Å². The Morgan fingerprint density at radius 3 is 2.28 bits per heavy atom. The Balaban J connectivity index is 1.29. The van der Waals surface area contributed by atoms with Gasteiger partial charge < -0.3 is 15.4 Å². The quantitative estimate of drug-likeness (QED) is 0.624. The summed E-state index contributed by atoms with van der Waals surface area (Å²) in [6.07, 6.45) is -3.13. The van der Waals surface area contributed by atoms with E-state index < -0.39 is 23.7 Å². The van der Waals surface area contributed by atoms with E-state index in [4.69, 9.17) is 10.5 Å². The maximum Gasteiger partial charge on any atom is 0.421 e. The number of carbonyl (C=O) groups is 1. The third-order valence-corrected chi connectivity index (χ3v) is 6.65. The summed E-state index contributed by atoms with van der Waals surface area (Å²) in [5.41, 5.74) is 5.48. The zero-order valence-corrected chi connectivity index (χ0v) is 20.2. The molecule has 36 heavy (non-hydrogen) atoms. The summed E-state index contributed by atoms with van der Waals surface area (Å²) in [6, 6.07) is 5.90. The molecule has 1 amide bonds. The average Bonchev–Trinajstić information content (AvgIpc) is 2.80. The number of halogens is 4. The first-order chi connectivity index (χ1) is 17.0. The molecule has 2 aliphatic heterocycles. The fourth-order valence-corrected chi connectivity index (χ4v) is 4.84. The molecule has 8 nitrogen and oxygen atoms in total. The van der Waals surface area contributed by atoms with Gasteiger partial charge in [0, 0.05) is 38.9 Å². The number of hydrogen-bond donors (Lipinski definition) is 1. The van der Waals surface area contributed by atoms with Crippen molar-refractivity contribution in [3.05, 3.63) is 47.4 Å². The molecule has 12 heteroatoms. The van der Waals surface area contributed by atoms with E-state index in [0.29, 0.717) is 38.7 Å². The third kappa shape index (κ3) is 5.97. The van der Waals surface area contributed by atoms with Gasteiger partial charge in [-0.3, -0.25) is 9.80 Å².